The lowest BCUT2D eigenvalue weighted by atomic mass is 10.1. The van der Waals surface area contributed by atoms with Crippen molar-refractivity contribution in [3.63, 3.8) is 0 Å². The van der Waals surface area contributed by atoms with Gasteiger partial charge in [0.25, 0.3) is 10.0 Å². The van der Waals surface area contributed by atoms with Crippen LogP contribution in [0.25, 0.3) is 0 Å². The molecule has 0 heterocycles. The molecule has 0 bridgehead atoms. The van der Waals surface area contributed by atoms with Crippen LogP contribution >= 0.6 is 0 Å². The summed E-state index contributed by atoms with van der Waals surface area (Å²) in [5.74, 6) is -0.612. The van der Waals surface area contributed by atoms with Gasteiger partial charge in [-0.15, -0.1) is 0 Å². The van der Waals surface area contributed by atoms with E-state index in [-0.39, 0.29) is 11.3 Å². The van der Waals surface area contributed by atoms with Gasteiger partial charge in [-0.25, -0.2) is 17.5 Å². The zero-order chi connectivity index (χ0) is 17.0. The number of rotatable bonds is 5. The SMILES string of the molecule is COc1cc(CC(=O)NS(=O)(=O)c2ccc(F)cc2)ccc1C. The average molecular weight is 337 g/mol. The van der Waals surface area contributed by atoms with Crippen molar-refractivity contribution in [1.29, 1.82) is 0 Å². The van der Waals surface area contributed by atoms with Gasteiger partial charge in [-0.05, 0) is 48.4 Å². The molecule has 0 unspecified atom stereocenters. The van der Waals surface area contributed by atoms with E-state index in [1.54, 1.807) is 18.2 Å². The Bertz CT molecular complexity index is 816. The van der Waals surface area contributed by atoms with Crippen molar-refractivity contribution in [3.8, 4) is 5.75 Å². The number of methoxy groups -OCH3 is 1. The van der Waals surface area contributed by atoms with Crippen LogP contribution in [0.15, 0.2) is 47.4 Å². The number of halogens is 1. The molecule has 2 aromatic carbocycles. The maximum atomic E-state index is 12.8. The van der Waals surface area contributed by atoms with Crippen LogP contribution in [-0.4, -0.2) is 21.4 Å². The zero-order valence-electron chi connectivity index (χ0n) is 12.7. The van der Waals surface area contributed by atoms with Gasteiger partial charge in [0, 0.05) is 0 Å². The van der Waals surface area contributed by atoms with Crippen LogP contribution < -0.4 is 9.46 Å². The Morgan fingerprint density at radius 3 is 2.43 bits per heavy atom. The molecule has 0 aliphatic carbocycles. The summed E-state index contributed by atoms with van der Waals surface area (Å²) in [4.78, 5) is 11.8. The summed E-state index contributed by atoms with van der Waals surface area (Å²) >= 11 is 0. The Labute approximate surface area is 134 Å². The molecular weight excluding hydrogens is 321 g/mol. The summed E-state index contributed by atoms with van der Waals surface area (Å²) in [6.07, 6.45) is -0.114. The van der Waals surface area contributed by atoms with Gasteiger partial charge in [0.15, 0.2) is 0 Å². The number of nitrogens with one attached hydrogen (secondary N) is 1. The summed E-state index contributed by atoms with van der Waals surface area (Å²) in [5, 5.41) is 0. The van der Waals surface area contributed by atoms with E-state index in [0.29, 0.717) is 11.3 Å². The van der Waals surface area contributed by atoms with Crippen LogP contribution in [0.3, 0.4) is 0 Å². The second-order valence-electron chi connectivity index (χ2n) is 4.96. The minimum Gasteiger partial charge on any atom is -0.496 e. The minimum absolute atomic E-state index is 0.114. The van der Waals surface area contributed by atoms with Gasteiger partial charge >= 0.3 is 0 Å². The van der Waals surface area contributed by atoms with Gasteiger partial charge in [-0.1, -0.05) is 12.1 Å². The van der Waals surface area contributed by atoms with Crippen LogP contribution in [0.2, 0.25) is 0 Å². The fourth-order valence-corrected chi connectivity index (χ4v) is 3.00. The van der Waals surface area contributed by atoms with Crippen molar-refractivity contribution in [3.05, 3.63) is 59.4 Å². The van der Waals surface area contributed by atoms with E-state index in [1.165, 1.54) is 7.11 Å². The Balaban J connectivity index is 2.11. The van der Waals surface area contributed by atoms with E-state index < -0.39 is 21.7 Å². The third-order valence-electron chi connectivity index (χ3n) is 3.21. The predicted octanol–water partition coefficient (Wildman–Crippen LogP) is 2.19. The molecule has 0 atom stereocenters. The van der Waals surface area contributed by atoms with E-state index in [4.69, 9.17) is 4.74 Å². The highest BCUT2D eigenvalue weighted by Crippen LogP contribution is 2.19. The summed E-state index contributed by atoms with van der Waals surface area (Å²) in [7, 11) is -2.50. The molecule has 2 rings (SSSR count). The molecule has 0 aromatic heterocycles. The first-order chi connectivity index (χ1) is 10.8. The molecule has 0 saturated heterocycles. The third-order valence-corrected chi connectivity index (χ3v) is 4.60. The highest BCUT2D eigenvalue weighted by Gasteiger charge is 2.18. The van der Waals surface area contributed by atoms with Crippen LogP contribution in [0, 0.1) is 12.7 Å². The summed E-state index contributed by atoms with van der Waals surface area (Å²) in [5.41, 5.74) is 1.54. The number of aryl methyl sites for hydroxylation is 1. The van der Waals surface area contributed by atoms with E-state index >= 15 is 0 Å². The smallest absolute Gasteiger partial charge is 0.264 e. The number of benzene rings is 2. The fraction of sp³-hybridized carbons (Fsp3) is 0.188. The second kappa shape index (κ2) is 6.78. The standard InChI is InChI=1S/C16H16FNO4S/c1-11-3-4-12(9-15(11)22-2)10-16(19)18-23(20,21)14-7-5-13(17)6-8-14/h3-9H,10H2,1-2H3,(H,18,19). The third kappa shape index (κ3) is 4.29. The molecule has 2 aromatic rings. The normalized spacial score (nSPS) is 11.1. The number of ether oxygens (including phenoxy) is 1. The van der Waals surface area contributed by atoms with Gasteiger partial charge in [-0.2, -0.15) is 0 Å². The second-order valence-corrected chi connectivity index (χ2v) is 6.65. The first-order valence-electron chi connectivity index (χ1n) is 6.76. The highest BCUT2D eigenvalue weighted by atomic mass is 32.2. The predicted molar refractivity (Wildman–Crippen MR) is 83.2 cm³/mol. The number of hydrogen-bond donors (Lipinski definition) is 1. The lowest BCUT2D eigenvalue weighted by molar-refractivity contribution is -0.118. The maximum Gasteiger partial charge on any atom is 0.264 e. The Morgan fingerprint density at radius 1 is 1.17 bits per heavy atom. The number of carbonyl (C=O) groups excluding carboxylic acids is 1. The Hall–Kier alpha value is -2.41. The molecule has 23 heavy (non-hydrogen) atoms. The summed E-state index contributed by atoms with van der Waals surface area (Å²) < 4.78 is 44.0. The van der Waals surface area contributed by atoms with Gasteiger partial charge in [0.1, 0.15) is 11.6 Å². The molecule has 1 amide bonds. The summed E-state index contributed by atoms with van der Waals surface area (Å²) in [6, 6.07) is 9.42. The fourth-order valence-electron chi connectivity index (χ4n) is 2.02. The average Bonchev–Trinajstić information content (AvgIpc) is 2.49. The molecule has 122 valence electrons. The van der Waals surface area contributed by atoms with E-state index in [1.807, 2.05) is 11.6 Å². The molecule has 0 radical (unpaired) electrons. The Morgan fingerprint density at radius 2 is 1.83 bits per heavy atom. The van der Waals surface area contributed by atoms with Gasteiger partial charge in [0.2, 0.25) is 5.91 Å². The molecule has 0 saturated carbocycles. The number of sulfonamides is 1. The van der Waals surface area contributed by atoms with Gasteiger partial charge in [0.05, 0.1) is 18.4 Å². The molecule has 0 aliphatic heterocycles. The van der Waals surface area contributed by atoms with Crippen LogP contribution in [-0.2, 0) is 21.2 Å². The molecule has 7 heteroatoms. The van der Waals surface area contributed by atoms with Crippen molar-refractivity contribution in [1.82, 2.24) is 4.72 Å². The molecule has 0 fully saturated rings. The number of carbonyl (C=O) groups is 1. The molecule has 5 nitrogen and oxygen atoms in total. The minimum atomic E-state index is -4.02. The van der Waals surface area contributed by atoms with Crippen LogP contribution in [0.4, 0.5) is 4.39 Å². The first-order valence-corrected chi connectivity index (χ1v) is 8.25. The maximum absolute atomic E-state index is 12.8. The lowest BCUT2D eigenvalue weighted by Crippen LogP contribution is -2.31. The quantitative estimate of drug-likeness (QED) is 0.908. The molecule has 0 aliphatic rings. The van der Waals surface area contributed by atoms with Crippen molar-refractivity contribution >= 4 is 15.9 Å². The number of amides is 1. The van der Waals surface area contributed by atoms with E-state index in [9.17, 15) is 17.6 Å². The molecule has 1 N–H and O–H groups in total. The van der Waals surface area contributed by atoms with E-state index in [2.05, 4.69) is 0 Å². The van der Waals surface area contributed by atoms with Crippen molar-refractivity contribution < 1.29 is 22.3 Å². The van der Waals surface area contributed by atoms with Crippen LogP contribution in [0.5, 0.6) is 5.75 Å². The first kappa shape index (κ1) is 17.0. The lowest BCUT2D eigenvalue weighted by Gasteiger charge is -2.09. The Kier molecular flexibility index (Phi) is 5.00. The van der Waals surface area contributed by atoms with Crippen LogP contribution in [0.1, 0.15) is 11.1 Å². The topological polar surface area (TPSA) is 72.5 Å². The van der Waals surface area contributed by atoms with Gasteiger partial charge < -0.3 is 4.74 Å². The van der Waals surface area contributed by atoms with Gasteiger partial charge in [-0.3, -0.25) is 4.79 Å². The molecular formula is C16H16FNO4S. The van der Waals surface area contributed by atoms with E-state index in [0.717, 1.165) is 29.8 Å². The van der Waals surface area contributed by atoms with Crippen molar-refractivity contribution in [2.24, 2.45) is 0 Å². The highest BCUT2D eigenvalue weighted by molar-refractivity contribution is 7.90. The molecule has 0 spiro atoms. The van der Waals surface area contributed by atoms with Crippen molar-refractivity contribution in [2.75, 3.05) is 7.11 Å². The largest absolute Gasteiger partial charge is 0.496 e. The summed E-state index contributed by atoms with van der Waals surface area (Å²) in [6.45, 7) is 1.86. The zero-order valence-corrected chi connectivity index (χ0v) is 13.5. The number of hydrogen-bond acceptors (Lipinski definition) is 4. The monoisotopic (exact) mass is 337 g/mol. The van der Waals surface area contributed by atoms with Crippen molar-refractivity contribution in [2.45, 2.75) is 18.2 Å².